The summed E-state index contributed by atoms with van der Waals surface area (Å²) in [6.45, 7) is 2.90. The number of hydrogen-bond acceptors (Lipinski definition) is 3. The second-order valence-electron chi connectivity index (χ2n) is 6.86. The van der Waals surface area contributed by atoms with Gasteiger partial charge in [0.25, 0.3) is 0 Å². The summed E-state index contributed by atoms with van der Waals surface area (Å²) in [5, 5.41) is 3.15. The highest BCUT2D eigenvalue weighted by Gasteiger charge is 2.23. The van der Waals surface area contributed by atoms with Crippen LogP contribution in [0.2, 0.25) is 0 Å². The van der Waals surface area contributed by atoms with Crippen molar-refractivity contribution in [1.29, 1.82) is 0 Å². The van der Waals surface area contributed by atoms with Crippen LogP contribution in [-0.2, 0) is 17.8 Å². The Hall–Kier alpha value is -1.59. The molecule has 6 heteroatoms. The van der Waals surface area contributed by atoms with E-state index in [0.29, 0.717) is 6.42 Å². The number of carbonyl (C=O) groups excluding carboxylic acids is 1. The molecule has 2 aromatic carbocycles. The van der Waals surface area contributed by atoms with Crippen molar-refractivity contribution in [1.82, 2.24) is 10.2 Å². The van der Waals surface area contributed by atoms with Crippen molar-refractivity contribution in [2.75, 3.05) is 13.1 Å². The van der Waals surface area contributed by atoms with E-state index in [1.807, 2.05) is 36.4 Å². The first kappa shape index (κ1) is 23.4. The lowest BCUT2D eigenvalue weighted by Gasteiger charge is -2.33. The molecule has 27 heavy (non-hydrogen) atoms. The predicted molar refractivity (Wildman–Crippen MR) is 116 cm³/mol. The van der Waals surface area contributed by atoms with Crippen LogP contribution in [0.5, 0.6) is 0 Å². The van der Waals surface area contributed by atoms with Gasteiger partial charge in [-0.3, -0.25) is 9.69 Å². The first-order valence-corrected chi connectivity index (χ1v) is 9.07. The molecule has 3 rings (SSSR count). The van der Waals surface area contributed by atoms with E-state index in [4.69, 9.17) is 5.73 Å². The Morgan fingerprint density at radius 3 is 2.26 bits per heavy atom. The SMILES string of the molecule is Cl.Cl.N[C@@H](Cc1ccccc1)C(=O)NC1CCCN(Cc2ccccc2)C1. The first-order valence-electron chi connectivity index (χ1n) is 9.07. The normalized spacial score (nSPS) is 17.9. The van der Waals surface area contributed by atoms with Crippen molar-refractivity contribution in [3.63, 3.8) is 0 Å². The fourth-order valence-corrected chi connectivity index (χ4v) is 3.43. The minimum Gasteiger partial charge on any atom is -0.351 e. The lowest BCUT2D eigenvalue weighted by Crippen LogP contribution is -2.52. The Bertz CT molecular complexity index is 670. The summed E-state index contributed by atoms with van der Waals surface area (Å²) in [6.07, 6.45) is 2.70. The molecule has 1 fully saturated rings. The fraction of sp³-hybridized carbons (Fsp3) is 0.381. The van der Waals surface area contributed by atoms with Crippen LogP contribution in [0.4, 0.5) is 0 Å². The van der Waals surface area contributed by atoms with Gasteiger partial charge in [0.1, 0.15) is 0 Å². The van der Waals surface area contributed by atoms with E-state index in [2.05, 4.69) is 34.5 Å². The molecule has 0 aromatic heterocycles. The van der Waals surface area contributed by atoms with E-state index in [0.717, 1.165) is 38.0 Å². The van der Waals surface area contributed by atoms with Gasteiger partial charge < -0.3 is 11.1 Å². The van der Waals surface area contributed by atoms with E-state index in [9.17, 15) is 4.79 Å². The molecule has 1 heterocycles. The third-order valence-corrected chi connectivity index (χ3v) is 4.74. The number of benzene rings is 2. The molecule has 0 spiro atoms. The zero-order valence-electron chi connectivity index (χ0n) is 15.4. The van der Waals surface area contributed by atoms with Crippen molar-refractivity contribution < 1.29 is 4.79 Å². The van der Waals surface area contributed by atoms with Crippen LogP contribution in [0.25, 0.3) is 0 Å². The zero-order valence-corrected chi connectivity index (χ0v) is 17.1. The molecular weight excluding hydrogens is 381 g/mol. The molecular formula is C21H29Cl2N3O. The highest BCUT2D eigenvalue weighted by molar-refractivity contribution is 5.85. The molecule has 0 saturated carbocycles. The number of halogens is 2. The molecule has 1 saturated heterocycles. The van der Waals surface area contributed by atoms with Gasteiger partial charge in [0.05, 0.1) is 6.04 Å². The van der Waals surface area contributed by atoms with Crippen LogP contribution in [0, 0.1) is 0 Å². The number of likely N-dealkylation sites (tertiary alicyclic amines) is 1. The average Bonchev–Trinajstić information content (AvgIpc) is 2.63. The minimum atomic E-state index is -0.494. The van der Waals surface area contributed by atoms with Crippen LogP contribution in [0.1, 0.15) is 24.0 Å². The number of amides is 1. The monoisotopic (exact) mass is 409 g/mol. The van der Waals surface area contributed by atoms with Crippen molar-refractivity contribution in [2.45, 2.75) is 37.9 Å². The van der Waals surface area contributed by atoms with E-state index >= 15 is 0 Å². The molecule has 2 atom stereocenters. The number of nitrogens with zero attached hydrogens (tertiary/aromatic N) is 1. The molecule has 1 aliphatic rings. The molecule has 2 aromatic rings. The Labute approximate surface area is 174 Å². The summed E-state index contributed by atoms with van der Waals surface area (Å²) in [7, 11) is 0. The summed E-state index contributed by atoms with van der Waals surface area (Å²) < 4.78 is 0. The lowest BCUT2D eigenvalue weighted by atomic mass is 10.0. The van der Waals surface area contributed by atoms with Gasteiger partial charge in [-0.05, 0) is 36.9 Å². The van der Waals surface area contributed by atoms with E-state index in [1.54, 1.807) is 0 Å². The Balaban J connectivity index is 0.00000182. The molecule has 0 radical (unpaired) electrons. The zero-order chi connectivity index (χ0) is 17.5. The highest BCUT2D eigenvalue weighted by atomic mass is 35.5. The van der Waals surface area contributed by atoms with Gasteiger partial charge in [0.2, 0.25) is 5.91 Å². The van der Waals surface area contributed by atoms with Crippen molar-refractivity contribution >= 4 is 30.7 Å². The molecule has 0 aliphatic carbocycles. The highest BCUT2D eigenvalue weighted by Crippen LogP contribution is 2.14. The fourth-order valence-electron chi connectivity index (χ4n) is 3.43. The maximum Gasteiger partial charge on any atom is 0.237 e. The lowest BCUT2D eigenvalue weighted by molar-refractivity contribution is -0.123. The van der Waals surface area contributed by atoms with Gasteiger partial charge >= 0.3 is 0 Å². The van der Waals surface area contributed by atoms with Gasteiger partial charge in [-0.1, -0.05) is 60.7 Å². The van der Waals surface area contributed by atoms with Gasteiger partial charge in [-0.15, -0.1) is 24.8 Å². The summed E-state index contributed by atoms with van der Waals surface area (Å²) in [4.78, 5) is 14.8. The van der Waals surface area contributed by atoms with E-state index in [-0.39, 0.29) is 36.8 Å². The molecule has 0 bridgehead atoms. The Morgan fingerprint density at radius 2 is 1.63 bits per heavy atom. The van der Waals surface area contributed by atoms with Gasteiger partial charge in [-0.2, -0.15) is 0 Å². The molecule has 1 aliphatic heterocycles. The first-order chi connectivity index (χ1) is 12.2. The smallest absolute Gasteiger partial charge is 0.237 e. The maximum absolute atomic E-state index is 12.4. The van der Waals surface area contributed by atoms with Gasteiger partial charge in [-0.25, -0.2) is 0 Å². The third kappa shape index (κ3) is 7.51. The number of carbonyl (C=O) groups is 1. The standard InChI is InChI=1S/C21H27N3O.2ClH/c22-20(14-17-8-3-1-4-9-17)21(25)23-19-12-7-13-24(16-19)15-18-10-5-2-6-11-18;;/h1-6,8-11,19-20H,7,12-16,22H2,(H,23,25);2*1H/t19?,20-;;/m0../s1. The molecule has 3 N–H and O–H groups in total. The van der Waals surface area contributed by atoms with E-state index in [1.165, 1.54) is 5.56 Å². The topological polar surface area (TPSA) is 58.4 Å². The second kappa shape index (κ2) is 12.0. The van der Waals surface area contributed by atoms with Crippen LogP contribution in [-0.4, -0.2) is 36.0 Å². The minimum absolute atomic E-state index is 0. The summed E-state index contributed by atoms with van der Waals surface area (Å²) >= 11 is 0. The number of hydrogen-bond donors (Lipinski definition) is 2. The third-order valence-electron chi connectivity index (χ3n) is 4.74. The largest absolute Gasteiger partial charge is 0.351 e. The van der Waals surface area contributed by atoms with Crippen LogP contribution >= 0.6 is 24.8 Å². The maximum atomic E-state index is 12.4. The summed E-state index contributed by atoms with van der Waals surface area (Å²) in [5.74, 6) is -0.0459. The molecule has 148 valence electrons. The number of rotatable bonds is 6. The molecule has 4 nitrogen and oxygen atoms in total. The predicted octanol–water partition coefficient (Wildman–Crippen LogP) is 3.18. The van der Waals surface area contributed by atoms with E-state index < -0.39 is 6.04 Å². The average molecular weight is 410 g/mol. The van der Waals surface area contributed by atoms with Crippen LogP contribution in [0.3, 0.4) is 0 Å². The van der Waals surface area contributed by atoms with Crippen molar-refractivity contribution in [3.05, 3.63) is 71.8 Å². The molecule has 1 amide bonds. The Morgan fingerprint density at radius 1 is 1.04 bits per heavy atom. The summed E-state index contributed by atoms with van der Waals surface area (Å²) in [6, 6.07) is 20.1. The van der Waals surface area contributed by atoms with Gasteiger partial charge in [0, 0.05) is 19.1 Å². The summed E-state index contributed by atoms with van der Waals surface area (Å²) in [5.41, 5.74) is 8.51. The van der Waals surface area contributed by atoms with Crippen molar-refractivity contribution in [2.24, 2.45) is 5.73 Å². The number of nitrogens with one attached hydrogen (secondary N) is 1. The van der Waals surface area contributed by atoms with Crippen LogP contribution < -0.4 is 11.1 Å². The quantitative estimate of drug-likeness (QED) is 0.769. The number of nitrogens with two attached hydrogens (primary N) is 1. The Kier molecular flexibility index (Phi) is 10.4. The number of piperidine rings is 1. The molecule has 1 unspecified atom stereocenters. The second-order valence-corrected chi connectivity index (χ2v) is 6.86. The van der Waals surface area contributed by atoms with Crippen molar-refractivity contribution in [3.8, 4) is 0 Å². The van der Waals surface area contributed by atoms with Crippen LogP contribution in [0.15, 0.2) is 60.7 Å². The van der Waals surface area contributed by atoms with Gasteiger partial charge in [0.15, 0.2) is 0 Å².